The van der Waals surface area contributed by atoms with Crippen LogP contribution >= 0.6 is 0 Å². The van der Waals surface area contributed by atoms with E-state index in [1.807, 2.05) is 6.92 Å². The van der Waals surface area contributed by atoms with E-state index in [0.29, 0.717) is 32.3 Å². The largest absolute Gasteiger partial charge is 0.382 e. The maximum atomic E-state index is 11.3. The second-order valence-electron chi connectivity index (χ2n) is 5.33. The van der Waals surface area contributed by atoms with Gasteiger partial charge in [0, 0.05) is 26.8 Å². The van der Waals surface area contributed by atoms with Gasteiger partial charge in [-0.1, -0.05) is 0 Å². The Bertz CT molecular complexity index is 319. The first-order chi connectivity index (χ1) is 9.94. The number of carbonyl (C=O) groups excluding carboxylic acids is 1. The van der Waals surface area contributed by atoms with Crippen molar-refractivity contribution in [2.75, 3.05) is 46.6 Å². The molecular formula is C14H30N4O3. The van der Waals surface area contributed by atoms with Gasteiger partial charge in [-0.15, -0.1) is 0 Å². The summed E-state index contributed by atoms with van der Waals surface area (Å²) in [5.41, 5.74) is 4.69. The highest BCUT2D eigenvalue weighted by Crippen LogP contribution is 2.13. The number of guanidine groups is 1. The van der Waals surface area contributed by atoms with Crippen LogP contribution in [0.1, 0.15) is 27.2 Å². The van der Waals surface area contributed by atoms with Crippen LogP contribution in [0.5, 0.6) is 0 Å². The van der Waals surface area contributed by atoms with Gasteiger partial charge < -0.3 is 25.8 Å². The first-order valence-electron chi connectivity index (χ1n) is 7.32. The van der Waals surface area contributed by atoms with E-state index in [1.165, 1.54) is 0 Å². The summed E-state index contributed by atoms with van der Waals surface area (Å²) >= 11 is 0. The molecule has 7 nitrogen and oxygen atoms in total. The van der Waals surface area contributed by atoms with Crippen LogP contribution in [0.3, 0.4) is 0 Å². The fourth-order valence-electron chi connectivity index (χ4n) is 1.32. The van der Waals surface area contributed by atoms with E-state index < -0.39 is 5.41 Å². The van der Waals surface area contributed by atoms with Crippen molar-refractivity contribution in [2.45, 2.75) is 27.2 Å². The Morgan fingerprint density at radius 2 is 1.95 bits per heavy atom. The van der Waals surface area contributed by atoms with Gasteiger partial charge in [0.15, 0.2) is 5.96 Å². The van der Waals surface area contributed by atoms with Crippen LogP contribution in [0.25, 0.3) is 0 Å². The first kappa shape index (κ1) is 19.7. The number of hydrogen-bond acceptors (Lipinski definition) is 4. The number of nitrogens with one attached hydrogen (secondary N) is 2. The van der Waals surface area contributed by atoms with Crippen molar-refractivity contribution in [2.24, 2.45) is 16.1 Å². The van der Waals surface area contributed by atoms with Crippen LogP contribution in [0.15, 0.2) is 4.99 Å². The Kier molecular flexibility index (Phi) is 10.6. The molecule has 124 valence electrons. The Hall–Kier alpha value is -1.34. The van der Waals surface area contributed by atoms with E-state index in [-0.39, 0.29) is 5.91 Å². The van der Waals surface area contributed by atoms with Crippen LogP contribution < -0.4 is 16.4 Å². The molecule has 7 heteroatoms. The summed E-state index contributed by atoms with van der Waals surface area (Å²) in [6.45, 7) is 9.30. The van der Waals surface area contributed by atoms with Crippen molar-refractivity contribution >= 4 is 11.9 Å². The zero-order valence-electron chi connectivity index (χ0n) is 13.7. The second kappa shape index (κ2) is 11.3. The number of nitrogens with two attached hydrogens (primary N) is 1. The predicted octanol–water partition coefficient (Wildman–Crippen LogP) is 0.106. The Morgan fingerprint density at radius 1 is 1.24 bits per heavy atom. The number of hydrogen-bond donors (Lipinski definition) is 3. The summed E-state index contributed by atoms with van der Waals surface area (Å²) < 4.78 is 10.3. The molecular weight excluding hydrogens is 272 g/mol. The third-order valence-corrected chi connectivity index (χ3v) is 2.83. The van der Waals surface area contributed by atoms with Crippen molar-refractivity contribution in [3.05, 3.63) is 0 Å². The van der Waals surface area contributed by atoms with Crippen LogP contribution in [-0.2, 0) is 14.3 Å². The lowest BCUT2D eigenvalue weighted by atomic mass is 9.93. The molecule has 0 heterocycles. The monoisotopic (exact) mass is 302 g/mol. The van der Waals surface area contributed by atoms with Crippen LogP contribution in [0.2, 0.25) is 0 Å². The van der Waals surface area contributed by atoms with Crippen LogP contribution in [0.4, 0.5) is 0 Å². The minimum absolute atomic E-state index is 0.349. The SMILES string of the molecule is CCNC(=NCC(C)(C)C(N)=O)NCCCOCCOC. The van der Waals surface area contributed by atoms with E-state index in [0.717, 1.165) is 19.5 Å². The normalized spacial score (nSPS) is 12.3. The van der Waals surface area contributed by atoms with Gasteiger partial charge >= 0.3 is 0 Å². The first-order valence-corrected chi connectivity index (χ1v) is 7.32. The fourth-order valence-corrected chi connectivity index (χ4v) is 1.32. The van der Waals surface area contributed by atoms with Gasteiger partial charge in [0.2, 0.25) is 5.91 Å². The highest BCUT2D eigenvalue weighted by Gasteiger charge is 2.24. The number of ether oxygens (including phenoxy) is 2. The molecule has 0 bridgehead atoms. The molecule has 0 atom stereocenters. The maximum Gasteiger partial charge on any atom is 0.224 e. The van der Waals surface area contributed by atoms with E-state index in [2.05, 4.69) is 15.6 Å². The van der Waals surface area contributed by atoms with Gasteiger partial charge in [-0.3, -0.25) is 9.79 Å². The topological polar surface area (TPSA) is 98.0 Å². The number of primary amides is 1. The molecule has 0 saturated carbocycles. The van der Waals surface area contributed by atoms with E-state index >= 15 is 0 Å². The summed E-state index contributed by atoms with van der Waals surface area (Å²) in [6.07, 6.45) is 0.868. The standard InChI is InChI=1S/C14H30N4O3/c1-5-16-13(18-11-14(2,3)12(15)19)17-7-6-8-21-10-9-20-4/h5-11H2,1-4H3,(H2,15,19)(H2,16,17,18). The minimum Gasteiger partial charge on any atom is -0.382 e. The van der Waals surface area contributed by atoms with E-state index in [1.54, 1.807) is 21.0 Å². The van der Waals surface area contributed by atoms with Crippen molar-refractivity contribution in [3.63, 3.8) is 0 Å². The van der Waals surface area contributed by atoms with E-state index in [9.17, 15) is 4.79 Å². The second-order valence-corrected chi connectivity index (χ2v) is 5.33. The summed E-state index contributed by atoms with van der Waals surface area (Å²) in [5, 5.41) is 6.33. The van der Waals surface area contributed by atoms with Gasteiger partial charge in [-0.2, -0.15) is 0 Å². The third kappa shape index (κ3) is 10.1. The molecule has 0 radical (unpaired) electrons. The lowest BCUT2D eigenvalue weighted by Crippen LogP contribution is -2.40. The number of nitrogens with zero attached hydrogens (tertiary/aromatic N) is 1. The number of aliphatic imine (C=N–C) groups is 1. The fraction of sp³-hybridized carbons (Fsp3) is 0.857. The molecule has 0 unspecified atom stereocenters. The molecule has 0 aromatic heterocycles. The Morgan fingerprint density at radius 3 is 2.52 bits per heavy atom. The molecule has 0 aliphatic heterocycles. The lowest BCUT2D eigenvalue weighted by molar-refractivity contribution is -0.125. The van der Waals surface area contributed by atoms with Crippen LogP contribution in [0, 0.1) is 5.41 Å². The molecule has 0 aromatic carbocycles. The smallest absolute Gasteiger partial charge is 0.224 e. The quantitative estimate of drug-likeness (QED) is 0.286. The molecule has 0 aromatic rings. The average Bonchev–Trinajstić information content (AvgIpc) is 2.43. The Labute approximate surface area is 127 Å². The number of carbonyl (C=O) groups is 1. The van der Waals surface area contributed by atoms with Gasteiger partial charge in [0.1, 0.15) is 0 Å². The van der Waals surface area contributed by atoms with Crippen molar-refractivity contribution in [1.29, 1.82) is 0 Å². The Balaban J connectivity index is 4.04. The summed E-state index contributed by atoms with van der Waals surface area (Å²) in [7, 11) is 1.65. The van der Waals surface area contributed by atoms with Gasteiger partial charge in [0.05, 0.1) is 25.2 Å². The molecule has 0 fully saturated rings. The molecule has 1 amide bonds. The minimum atomic E-state index is -0.647. The highest BCUT2D eigenvalue weighted by molar-refractivity contribution is 5.82. The van der Waals surface area contributed by atoms with Crippen molar-refractivity contribution in [1.82, 2.24) is 10.6 Å². The third-order valence-electron chi connectivity index (χ3n) is 2.83. The maximum absolute atomic E-state index is 11.3. The number of methoxy groups -OCH3 is 1. The van der Waals surface area contributed by atoms with E-state index in [4.69, 9.17) is 15.2 Å². The van der Waals surface area contributed by atoms with Crippen molar-refractivity contribution in [3.8, 4) is 0 Å². The molecule has 0 spiro atoms. The summed E-state index contributed by atoms with van der Waals surface area (Å²) in [6, 6.07) is 0. The zero-order valence-corrected chi connectivity index (χ0v) is 13.7. The lowest BCUT2D eigenvalue weighted by Gasteiger charge is -2.19. The molecule has 4 N–H and O–H groups in total. The zero-order chi connectivity index (χ0) is 16.1. The van der Waals surface area contributed by atoms with Gasteiger partial charge in [-0.25, -0.2) is 0 Å². The van der Waals surface area contributed by atoms with Crippen LogP contribution in [-0.4, -0.2) is 58.4 Å². The average molecular weight is 302 g/mol. The summed E-state index contributed by atoms with van der Waals surface area (Å²) in [4.78, 5) is 15.6. The molecule has 0 aliphatic rings. The molecule has 0 rings (SSSR count). The van der Waals surface area contributed by atoms with Crippen molar-refractivity contribution < 1.29 is 14.3 Å². The molecule has 21 heavy (non-hydrogen) atoms. The molecule has 0 aliphatic carbocycles. The predicted molar refractivity (Wildman–Crippen MR) is 84.3 cm³/mol. The van der Waals surface area contributed by atoms with Gasteiger partial charge in [-0.05, 0) is 27.2 Å². The molecule has 0 saturated heterocycles. The number of rotatable bonds is 11. The highest BCUT2D eigenvalue weighted by atomic mass is 16.5. The van der Waals surface area contributed by atoms with Gasteiger partial charge in [0.25, 0.3) is 0 Å². The summed E-state index contributed by atoms with van der Waals surface area (Å²) in [5.74, 6) is 0.331. The number of amides is 1.